The maximum absolute atomic E-state index is 6.15. The lowest BCUT2D eigenvalue weighted by Gasteiger charge is -2.36. The summed E-state index contributed by atoms with van der Waals surface area (Å²) in [6.07, 6.45) is 2.29. The quantitative estimate of drug-likeness (QED) is 0.286. The Morgan fingerprint density at radius 1 is 0.765 bits per heavy atom. The molecule has 1 aliphatic carbocycles. The molecule has 4 aromatic carbocycles. The summed E-state index contributed by atoms with van der Waals surface area (Å²) in [7, 11) is 2.26. The van der Waals surface area contributed by atoms with Crippen molar-refractivity contribution in [1.82, 2.24) is 4.90 Å². The zero-order valence-electron chi connectivity index (χ0n) is 19.9. The van der Waals surface area contributed by atoms with Crippen molar-refractivity contribution in [2.24, 2.45) is 5.92 Å². The molecular weight excluding hydrogens is 414 g/mol. The molecule has 0 saturated heterocycles. The zero-order valence-corrected chi connectivity index (χ0v) is 19.9. The van der Waals surface area contributed by atoms with Gasteiger partial charge in [-0.1, -0.05) is 97.1 Å². The normalized spacial score (nSPS) is 17.4. The summed E-state index contributed by atoms with van der Waals surface area (Å²) in [4.78, 5) is 2.48. The summed E-state index contributed by atoms with van der Waals surface area (Å²) >= 11 is 0. The highest BCUT2D eigenvalue weighted by molar-refractivity contribution is 5.45. The van der Waals surface area contributed by atoms with Gasteiger partial charge in [0.15, 0.2) is 0 Å². The molecule has 172 valence electrons. The highest BCUT2D eigenvalue weighted by atomic mass is 16.5. The average molecular weight is 448 g/mol. The largest absolute Gasteiger partial charge is 0.489 e. The van der Waals surface area contributed by atoms with Crippen molar-refractivity contribution in [2.75, 3.05) is 13.6 Å². The Morgan fingerprint density at radius 3 is 2.12 bits per heavy atom. The Balaban J connectivity index is 1.36. The minimum absolute atomic E-state index is 0.409. The Bertz CT molecular complexity index is 1170. The van der Waals surface area contributed by atoms with Gasteiger partial charge in [0.1, 0.15) is 12.4 Å². The van der Waals surface area contributed by atoms with Crippen LogP contribution in [0.25, 0.3) is 0 Å². The van der Waals surface area contributed by atoms with Crippen molar-refractivity contribution in [3.8, 4) is 5.75 Å². The van der Waals surface area contributed by atoms with Gasteiger partial charge in [-0.25, -0.2) is 0 Å². The monoisotopic (exact) mass is 447 g/mol. The Labute approximate surface area is 203 Å². The SMILES string of the molecule is CN(Cc1ccccc1)C[C@H]1CCc2cc(OCc3ccccc3)ccc2[C@H]1c1ccccc1. The highest BCUT2D eigenvalue weighted by Gasteiger charge is 2.31. The number of benzene rings is 4. The van der Waals surface area contributed by atoms with Crippen molar-refractivity contribution >= 4 is 0 Å². The molecule has 0 N–H and O–H groups in total. The van der Waals surface area contributed by atoms with Gasteiger partial charge >= 0.3 is 0 Å². The van der Waals surface area contributed by atoms with E-state index in [9.17, 15) is 0 Å². The van der Waals surface area contributed by atoms with Crippen LogP contribution in [-0.4, -0.2) is 18.5 Å². The molecule has 5 rings (SSSR count). The van der Waals surface area contributed by atoms with E-state index in [4.69, 9.17) is 4.74 Å². The number of ether oxygens (including phenoxy) is 1. The van der Waals surface area contributed by atoms with Gasteiger partial charge in [0.25, 0.3) is 0 Å². The molecule has 0 saturated carbocycles. The number of hydrogen-bond donors (Lipinski definition) is 0. The number of nitrogens with zero attached hydrogens (tertiary/aromatic N) is 1. The molecule has 1 aliphatic rings. The smallest absolute Gasteiger partial charge is 0.120 e. The van der Waals surface area contributed by atoms with Crippen LogP contribution in [0.15, 0.2) is 109 Å². The van der Waals surface area contributed by atoms with Gasteiger partial charge in [0.05, 0.1) is 0 Å². The maximum atomic E-state index is 6.15. The van der Waals surface area contributed by atoms with E-state index in [-0.39, 0.29) is 0 Å². The Kier molecular flexibility index (Phi) is 7.07. The van der Waals surface area contributed by atoms with Gasteiger partial charge in [-0.05, 0) is 65.8 Å². The van der Waals surface area contributed by atoms with E-state index in [2.05, 4.69) is 115 Å². The van der Waals surface area contributed by atoms with Crippen molar-refractivity contribution < 1.29 is 4.74 Å². The number of aryl methyl sites for hydroxylation is 1. The second-order valence-corrected chi connectivity index (χ2v) is 9.50. The van der Waals surface area contributed by atoms with Crippen molar-refractivity contribution in [3.05, 3.63) is 137 Å². The lowest BCUT2D eigenvalue weighted by Crippen LogP contribution is -2.32. The molecule has 0 heterocycles. The third kappa shape index (κ3) is 5.40. The molecule has 0 spiro atoms. The summed E-state index contributed by atoms with van der Waals surface area (Å²) in [5, 5.41) is 0. The lowest BCUT2D eigenvalue weighted by atomic mass is 9.71. The zero-order chi connectivity index (χ0) is 23.2. The van der Waals surface area contributed by atoms with Crippen molar-refractivity contribution in [3.63, 3.8) is 0 Å². The van der Waals surface area contributed by atoms with Crippen LogP contribution in [0.4, 0.5) is 0 Å². The van der Waals surface area contributed by atoms with E-state index in [0.717, 1.165) is 25.3 Å². The summed E-state index contributed by atoms with van der Waals surface area (Å²) in [5.74, 6) is 1.96. The maximum Gasteiger partial charge on any atom is 0.120 e. The third-order valence-electron chi connectivity index (χ3n) is 6.95. The van der Waals surface area contributed by atoms with Gasteiger partial charge in [-0.3, -0.25) is 0 Å². The molecular formula is C32H33NO. The summed E-state index contributed by atoms with van der Waals surface area (Å²) in [6.45, 7) is 2.67. The Hall–Kier alpha value is -3.36. The molecule has 0 aromatic heterocycles. The molecule has 0 fully saturated rings. The number of rotatable bonds is 8. The summed E-state index contributed by atoms with van der Waals surface area (Å²) in [5.41, 5.74) is 6.88. The third-order valence-corrected chi connectivity index (χ3v) is 6.95. The fourth-order valence-corrected chi connectivity index (χ4v) is 5.36. The van der Waals surface area contributed by atoms with E-state index in [1.165, 1.54) is 34.2 Å². The molecule has 2 atom stereocenters. The van der Waals surface area contributed by atoms with Crippen LogP contribution in [0.3, 0.4) is 0 Å². The van der Waals surface area contributed by atoms with Gasteiger partial charge in [0, 0.05) is 19.0 Å². The van der Waals surface area contributed by atoms with Crippen LogP contribution in [0.2, 0.25) is 0 Å². The lowest BCUT2D eigenvalue weighted by molar-refractivity contribution is 0.239. The van der Waals surface area contributed by atoms with Gasteiger partial charge < -0.3 is 9.64 Å². The first kappa shape index (κ1) is 22.4. The van der Waals surface area contributed by atoms with Crippen LogP contribution < -0.4 is 4.74 Å². The topological polar surface area (TPSA) is 12.5 Å². The fraction of sp³-hybridized carbons (Fsp3) is 0.250. The highest BCUT2D eigenvalue weighted by Crippen LogP contribution is 2.42. The molecule has 0 aliphatic heterocycles. The predicted molar refractivity (Wildman–Crippen MR) is 140 cm³/mol. The molecule has 4 aromatic rings. The van der Waals surface area contributed by atoms with E-state index >= 15 is 0 Å². The van der Waals surface area contributed by atoms with Crippen LogP contribution in [0.1, 0.15) is 40.2 Å². The molecule has 0 unspecified atom stereocenters. The second-order valence-electron chi connectivity index (χ2n) is 9.50. The number of fused-ring (bicyclic) bond motifs is 1. The standard InChI is InChI=1S/C32H33NO/c1-33(22-25-11-5-2-6-12-25)23-29-18-17-28-21-30(34-24-26-13-7-3-8-14-26)19-20-31(28)32(29)27-15-9-4-10-16-27/h2-16,19-21,29,32H,17-18,22-24H2,1H3/t29-,32+/m1/s1. The molecule has 34 heavy (non-hydrogen) atoms. The summed E-state index contributed by atoms with van der Waals surface area (Å²) in [6, 6.07) is 39.0. The van der Waals surface area contributed by atoms with E-state index in [1.807, 2.05) is 6.07 Å². The minimum Gasteiger partial charge on any atom is -0.489 e. The molecule has 0 bridgehead atoms. The van der Waals surface area contributed by atoms with E-state index in [0.29, 0.717) is 18.4 Å². The molecule has 0 amide bonds. The van der Waals surface area contributed by atoms with E-state index in [1.54, 1.807) is 0 Å². The Morgan fingerprint density at radius 2 is 1.41 bits per heavy atom. The summed E-state index contributed by atoms with van der Waals surface area (Å²) < 4.78 is 6.15. The van der Waals surface area contributed by atoms with Gasteiger partial charge in [-0.15, -0.1) is 0 Å². The number of hydrogen-bond acceptors (Lipinski definition) is 2. The first-order chi connectivity index (χ1) is 16.8. The fourth-order valence-electron chi connectivity index (χ4n) is 5.36. The predicted octanol–water partition coefficient (Wildman–Crippen LogP) is 7.09. The van der Waals surface area contributed by atoms with Gasteiger partial charge in [0.2, 0.25) is 0 Å². The van der Waals surface area contributed by atoms with Crippen LogP contribution in [-0.2, 0) is 19.6 Å². The molecule has 2 nitrogen and oxygen atoms in total. The van der Waals surface area contributed by atoms with Crippen molar-refractivity contribution in [1.29, 1.82) is 0 Å². The van der Waals surface area contributed by atoms with Crippen LogP contribution in [0.5, 0.6) is 5.75 Å². The molecule has 0 radical (unpaired) electrons. The second kappa shape index (κ2) is 10.7. The van der Waals surface area contributed by atoms with Crippen LogP contribution >= 0.6 is 0 Å². The van der Waals surface area contributed by atoms with Gasteiger partial charge in [-0.2, -0.15) is 0 Å². The molecule has 2 heteroatoms. The van der Waals surface area contributed by atoms with Crippen LogP contribution in [0, 0.1) is 5.92 Å². The van der Waals surface area contributed by atoms with E-state index < -0.39 is 0 Å². The minimum atomic E-state index is 0.409. The first-order valence-corrected chi connectivity index (χ1v) is 12.3. The van der Waals surface area contributed by atoms with Crippen molar-refractivity contribution in [2.45, 2.75) is 31.9 Å². The average Bonchev–Trinajstić information content (AvgIpc) is 2.89. The first-order valence-electron chi connectivity index (χ1n) is 12.3.